The van der Waals surface area contributed by atoms with E-state index in [9.17, 15) is 4.79 Å². The van der Waals surface area contributed by atoms with Crippen molar-refractivity contribution in [3.8, 4) is 0 Å². The molecule has 0 bridgehead atoms. The molecule has 4 nitrogen and oxygen atoms in total. The van der Waals surface area contributed by atoms with Gasteiger partial charge in [-0.1, -0.05) is 6.07 Å². The Morgan fingerprint density at radius 3 is 2.84 bits per heavy atom. The van der Waals surface area contributed by atoms with Gasteiger partial charge in [-0.2, -0.15) is 0 Å². The Balaban J connectivity index is 1.66. The number of ether oxygens (including phenoxy) is 1. The molecule has 1 saturated heterocycles. The van der Waals surface area contributed by atoms with Gasteiger partial charge in [-0.3, -0.25) is 4.79 Å². The van der Waals surface area contributed by atoms with E-state index in [2.05, 4.69) is 17.6 Å². The second-order valence-electron chi connectivity index (χ2n) is 5.44. The third kappa shape index (κ3) is 3.07. The Hall–Kier alpha value is -1.55. The second kappa shape index (κ2) is 5.21. The van der Waals surface area contributed by atoms with Crippen molar-refractivity contribution in [3.63, 3.8) is 0 Å². The van der Waals surface area contributed by atoms with Crippen LogP contribution in [-0.2, 0) is 4.74 Å². The van der Waals surface area contributed by atoms with E-state index in [0.29, 0.717) is 12.1 Å². The van der Waals surface area contributed by atoms with E-state index in [-0.39, 0.29) is 12.0 Å². The number of amides is 1. The summed E-state index contributed by atoms with van der Waals surface area (Å²) in [7, 11) is 0. The highest BCUT2D eigenvalue weighted by atomic mass is 16.5. The zero-order valence-corrected chi connectivity index (χ0v) is 11.2. The predicted molar refractivity (Wildman–Crippen MR) is 74.4 cm³/mol. The molecule has 1 heterocycles. The zero-order valence-electron chi connectivity index (χ0n) is 11.2. The highest BCUT2D eigenvalue weighted by Crippen LogP contribution is 2.21. The molecule has 2 aliphatic rings. The maximum absolute atomic E-state index is 12.0. The van der Waals surface area contributed by atoms with Crippen LogP contribution in [0.15, 0.2) is 24.3 Å². The van der Waals surface area contributed by atoms with Gasteiger partial charge in [0.25, 0.3) is 5.91 Å². The SMILES string of the molecule is CC1OCCC1Nc1cccc(C(=O)NC2CC2)c1. The molecule has 0 radical (unpaired) electrons. The molecule has 1 amide bonds. The van der Waals surface area contributed by atoms with Crippen LogP contribution in [0.25, 0.3) is 0 Å². The largest absolute Gasteiger partial charge is 0.380 e. The third-order valence-corrected chi connectivity index (χ3v) is 3.77. The number of nitrogens with one attached hydrogen (secondary N) is 2. The summed E-state index contributed by atoms with van der Waals surface area (Å²) in [6, 6.07) is 8.43. The molecule has 1 saturated carbocycles. The van der Waals surface area contributed by atoms with Gasteiger partial charge in [0.2, 0.25) is 0 Å². The number of carbonyl (C=O) groups excluding carboxylic acids is 1. The molecule has 3 rings (SSSR count). The van der Waals surface area contributed by atoms with Crippen molar-refractivity contribution in [1.82, 2.24) is 5.32 Å². The minimum atomic E-state index is 0.0295. The molecule has 1 aromatic rings. The Labute approximate surface area is 113 Å². The molecular formula is C15H20N2O2. The minimum Gasteiger partial charge on any atom is -0.380 e. The zero-order chi connectivity index (χ0) is 13.2. The fraction of sp³-hybridized carbons (Fsp3) is 0.533. The van der Waals surface area contributed by atoms with Gasteiger partial charge in [0, 0.05) is 23.9 Å². The average Bonchev–Trinajstić information content (AvgIpc) is 3.13. The van der Waals surface area contributed by atoms with Crippen LogP contribution >= 0.6 is 0 Å². The number of hydrogen-bond acceptors (Lipinski definition) is 3. The monoisotopic (exact) mass is 260 g/mol. The maximum atomic E-state index is 12.0. The number of carbonyl (C=O) groups is 1. The van der Waals surface area contributed by atoms with Gasteiger partial charge in [0.15, 0.2) is 0 Å². The van der Waals surface area contributed by atoms with Gasteiger partial charge < -0.3 is 15.4 Å². The Kier molecular flexibility index (Phi) is 3.42. The van der Waals surface area contributed by atoms with Gasteiger partial charge in [-0.25, -0.2) is 0 Å². The quantitative estimate of drug-likeness (QED) is 0.872. The number of hydrogen-bond donors (Lipinski definition) is 2. The van der Waals surface area contributed by atoms with Crippen molar-refractivity contribution >= 4 is 11.6 Å². The lowest BCUT2D eigenvalue weighted by atomic mass is 10.1. The first-order valence-electron chi connectivity index (χ1n) is 7.01. The molecule has 1 aliphatic carbocycles. The van der Waals surface area contributed by atoms with Crippen LogP contribution in [0.3, 0.4) is 0 Å². The van der Waals surface area contributed by atoms with Crippen molar-refractivity contribution in [1.29, 1.82) is 0 Å². The lowest BCUT2D eigenvalue weighted by Gasteiger charge is -2.17. The molecule has 2 atom stereocenters. The van der Waals surface area contributed by atoms with Gasteiger partial charge in [0.05, 0.1) is 12.1 Å². The van der Waals surface area contributed by atoms with Crippen molar-refractivity contribution in [2.45, 2.75) is 44.4 Å². The van der Waals surface area contributed by atoms with Crippen LogP contribution in [0.4, 0.5) is 5.69 Å². The summed E-state index contributed by atoms with van der Waals surface area (Å²) in [5.74, 6) is 0.0295. The van der Waals surface area contributed by atoms with E-state index >= 15 is 0 Å². The van der Waals surface area contributed by atoms with Crippen molar-refractivity contribution in [3.05, 3.63) is 29.8 Å². The van der Waals surface area contributed by atoms with E-state index in [1.165, 1.54) is 0 Å². The third-order valence-electron chi connectivity index (χ3n) is 3.77. The summed E-state index contributed by atoms with van der Waals surface area (Å²) in [6.07, 6.45) is 3.46. The van der Waals surface area contributed by atoms with Crippen molar-refractivity contribution in [2.75, 3.05) is 11.9 Å². The Morgan fingerprint density at radius 2 is 2.16 bits per heavy atom. The smallest absolute Gasteiger partial charge is 0.251 e. The molecule has 0 aromatic heterocycles. The van der Waals surface area contributed by atoms with Crippen LogP contribution in [0.5, 0.6) is 0 Å². The Bertz CT molecular complexity index is 471. The topological polar surface area (TPSA) is 50.4 Å². The summed E-state index contributed by atoms with van der Waals surface area (Å²) in [5, 5.41) is 6.46. The van der Waals surface area contributed by atoms with Gasteiger partial charge in [-0.15, -0.1) is 0 Å². The van der Waals surface area contributed by atoms with E-state index in [1.807, 2.05) is 24.3 Å². The van der Waals surface area contributed by atoms with E-state index in [1.54, 1.807) is 0 Å². The van der Waals surface area contributed by atoms with E-state index < -0.39 is 0 Å². The molecule has 4 heteroatoms. The van der Waals surface area contributed by atoms with Gasteiger partial charge in [0.1, 0.15) is 0 Å². The molecule has 1 aromatic carbocycles. The highest BCUT2D eigenvalue weighted by Gasteiger charge is 2.25. The maximum Gasteiger partial charge on any atom is 0.251 e. The summed E-state index contributed by atoms with van der Waals surface area (Å²) >= 11 is 0. The first-order valence-corrected chi connectivity index (χ1v) is 7.01. The predicted octanol–water partition coefficient (Wildman–Crippen LogP) is 2.17. The fourth-order valence-corrected chi connectivity index (χ4v) is 2.38. The van der Waals surface area contributed by atoms with Crippen LogP contribution < -0.4 is 10.6 Å². The van der Waals surface area contributed by atoms with Crippen LogP contribution in [0.1, 0.15) is 36.5 Å². The summed E-state index contributed by atoms with van der Waals surface area (Å²) in [6.45, 7) is 2.88. The molecular weight excluding hydrogens is 240 g/mol. The Morgan fingerprint density at radius 1 is 1.32 bits per heavy atom. The van der Waals surface area contributed by atoms with Crippen molar-refractivity contribution < 1.29 is 9.53 Å². The number of benzene rings is 1. The van der Waals surface area contributed by atoms with E-state index in [4.69, 9.17) is 4.74 Å². The summed E-state index contributed by atoms with van der Waals surface area (Å²) in [4.78, 5) is 12.0. The molecule has 19 heavy (non-hydrogen) atoms. The standard InChI is InChI=1S/C15H20N2O2/c1-10-14(7-8-19-10)16-13-4-2-3-11(9-13)15(18)17-12-5-6-12/h2-4,9-10,12,14,16H,5-8H2,1H3,(H,17,18). The van der Waals surface area contributed by atoms with Crippen LogP contribution in [-0.4, -0.2) is 30.7 Å². The summed E-state index contributed by atoms with van der Waals surface area (Å²) in [5.41, 5.74) is 1.72. The van der Waals surface area contributed by atoms with Crippen LogP contribution in [0, 0.1) is 0 Å². The summed E-state index contributed by atoms with van der Waals surface area (Å²) < 4.78 is 5.53. The lowest BCUT2D eigenvalue weighted by Crippen LogP contribution is -2.27. The number of rotatable bonds is 4. The first-order chi connectivity index (χ1) is 9.22. The molecule has 0 spiro atoms. The second-order valence-corrected chi connectivity index (χ2v) is 5.44. The van der Waals surface area contributed by atoms with Gasteiger partial charge in [-0.05, 0) is 44.4 Å². The van der Waals surface area contributed by atoms with Gasteiger partial charge >= 0.3 is 0 Å². The first kappa shape index (κ1) is 12.5. The lowest BCUT2D eigenvalue weighted by molar-refractivity contribution is 0.0951. The van der Waals surface area contributed by atoms with Crippen LogP contribution in [0.2, 0.25) is 0 Å². The highest BCUT2D eigenvalue weighted by molar-refractivity contribution is 5.95. The minimum absolute atomic E-state index is 0.0295. The average molecular weight is 260 g/mol. The number of anilines is 1. The molecule has 2 fully saturated rings. The fourth-order valence-electron chi connectivity index (χ4n) is 2.38. The molecule has 102 valence electrons. The van der Waals surface area contributed by atoms with Crippen molar-refractivity contribution in [2.24, 2.45) is 0 Å². The van der Waals surface area contributed by atoms with E-state index in [0.717, 1.165) is 37.1 Å². The molecule has 2 unspecified atom stereocenters. The molecule has 1 aliphatic heterocycles. The normalized spacial score (nSPS) is 26.2. The molecule has 2 N–H and O–H groups in total.